The number of aliphatic hydroxyl groups excluding tert-OH is 1. The van der Waals surface area contributed by atoms with Gasteiger partial charge in [0.25, 0.3) is 0 Å². The molecule has 0 bridgehead atoms. The number of cyclic esters (lactones) is 1. The van der Waals surface area contributed by atoms with E-state index in [9.17, 15) is 9.90 Å². The Labute approximate surface area is 149 Å². The molecule has 0 unspecified atom stereocenters. The molecule has 0 fully saturated rings. The molecule has 0 radical (unpaired) electrons. The smallest absolute Gasteiger partial charge is 0.342 e. The highest BCUT2D eigenvalue weighted by Crippen LogP contribution is 2.31. The van der Waals surface area contributed by atoms with Crippen LogP contribution in [0.1, 0.15) is 61.4 Å². The number of ether oxygens (including phenoxy) is 3. The Hall–Kier alpha value is -2.01. The maximum atomic E-state index is 12.7. The minimum atomic E-state index is -0.399. The fraction of sp³-hybridized carbons (Fsp3) is 0.550. The standard InChI is InChI=1S/C20H28O5/c1-14-8-7-11-16(21)10-6-4-5-9-15-12-17(23-2)13-18(24-3)19(15)20(22)25-14/h5,9,12-14,16,21H,4,6-8,10-11H2,1-3H3/b9-5+/t14-,16+/m0/s1. The van der Waals surface area contributed by atoms with E-state index in [-0.39, 0.29) is 12.2 Å². The van der Waals surface area contributed by atoms with Gasteiger partial charge in [-0.05, 0) is 57.1 Å². The lowest BCUT2D eigenvalue weighted by Crippen LogP contribution is -2.18. The third kappa shape index (κ3) is 5.49. The Balaban J connectivity index is 2.38. The molecule has 2 rings (SSSR count). The lowest BCUT2D eigenvalue weighted by atomic mass is 10.0. The molecule has 5 heteroatoms. The van der Waals surface area contributed by atoms with Crippen molar-refractivity contribution in [2.45, 2.75) is 57.7 Å². The van der Waals surface area contributed by atoms with E-state index in [1.54, 1.807) is 19.2 Å². The summed E-state index contributed by atoms with van der Waals surface area (Å²) in [5, 5.41) is 9.99. The van der Waals surface area contributed by atoms with Crippen molar-refractivity contribution in [1.82, 2.24) is 0 Å². The summed E-state index contributed by atoms with van der Waals surface area (Å²) in [6.45, 7) is 1.88. The van der Waals surface area contributed by atoms with Crippen molar-refractivity contribution in [2.75, 3.05) is 14.2 Å². The first-order valence-corrected chi connectivity index (χ1v) is 8.86. The minimum Gasteiger partial charge on any atom is -0.497 e. The highest BCUT2D eigenvalue weighted by atomic mass is 16.5. The summed E-state index contributed by atoms with van der Waals surface area (Å²) in [6.07, 6.45) is 8.23. The number of hydrogen-bond acceptors (Lipinski definition) is 5. The molecule has 0 saturated heterocycles. The number of aliphatic hydroxyl groups is 1. The molecular weight excluding hydrogens is 320 g/mol. The second-order valence-corrected chi connectivity index (χ2v) is 6.43. The van der Waals surface area contributed by atoms with Crippen molar-refractivity contribution in [1.29, 1.82) is 0 Å². The average Bonchev–Trinajstić information content (AvgIpc) is 2.59. The number of fused-ring (bicyclic) bond motifs is 1. The van der Waals surface area contributed by atoms with Gasteiger partial charge in [-0.3, -0.25) is 0 Å². The molecule has 0 aliphatic carbocycles. The summed E-state index contributed by atoms with van der Waals surface area (Å²) in [7, 11) is 3.11. The molecule has 138 valence electrons. The molecule has 25 heavy (non-hydrogen) atoms. The van der Waals surface area contributed by atoms with Crippen molar-refractivity contribution in [3.8, 4) is 11.5 Å². The molecule has 0 aromatic heterocycles. The maximum absolute atomic E-state index is 12.7. The van der Waals surface area contributed by atoms with Gasteiger partial charge in [0.2, 0.25) is 0 Å². The van der Waals surface area contributed by atoms with Crippen LogP contribution in [0.5, 0.6) is 11.5 Å². The number of allylic oxidation sites excluding steroid dienone is 1. The van der Waals surface area contributed by atoms with Crippen molar-refractivity contribution in [3.63, 3.8) is 0 Å². The number of methoxy groups -OCH3 is 2. The zero-order chi connectivity index (χ0) is 18.2. The fourth-order valence-electron chi connectivity index (χ4n) is 3.01. The Bertz CT molecular complexity index is 608. The molecule has 5 nitrogen and oxygen atoms in total. The molecule has 1 aliphatic rings. The number of rotatable bonds is 2. The van der Waals surface area contributed by atoms with Crippen LogP contribution < -0.4 is 9.47 Å². The van der Waals surface area contributed by atoms with Gasteiger partial charge < -0.3 is 19.3 Å². The molecular formula is C20H28O5. The van der Waals surface area contributed by atoms with E-state index in [1.165, 1.54) is 7.11 Å². The Morgan fingerprint density at radius 1 is 1.12 bits per heavy atom. The Morgan fingerprint density at radius 2 is 1.88 bits per heavy atom. The van der Waals surface area contributed by atoms with Crippen LogP contribution in [-0.2, 0) is 4.74 Å². The first-order valence-electron chi connectivity index (χ1n) is 8.86. The summed E-state index contributed by atoms with van der Waals surface area (Å²) < 4.78 is 16.3. The van der Waals surface area contributed by atoms with Crippen LogP contribution in [0.15, 0.2) is 18.2 Å². The first kappa shape index (κ1) is 19.3. The molecule has 1 aromatic carbocycles. The summed E-state index contributed by atoms with van der Waals surface area (Å²) >= 11 is 0. The molecule has 1 aromatic rings. The van der Waals surface area contributed by atoms with E-state index in [0.29, 0.717) is 22.6 Å². The summed E-state index contributed by atoms with van der Waals surface area (Å²) in [4.78, 5) is 12.7. The van der Waals surface area contributed by atoms with Gasteiger partial charge in [0, 0.05) is 6.07 Å². The van der Waals surface area contributed by atoms with Gasteiger partial charge in [0.15, 0.2) is 0 Å². The minimum absolute atomic E-state index is 0.216. The van der Waals surface area contributed by atoms with E-state index >= 15 is 0 Å². The molecule has 1 N–H and O–H groups in total. The van der Waals surface area contributed by atoms with Crippen LogP contribution >= 0.6 is 0 Å². The van der Waals surface area contributed by atoms with E-state index in [0.717, 1.165) is 38.5 Å². The van der Waals surface area contributed by atoms with Gasteiger partial charge in [-0.15, -0.1) is 0 Å². The van der Waals surface area contributed by atoms with Crippen LogP contribution in [0.2, 0.25) is 0 Å². The summed E-state index contributed by atoms with van der Waals surface area (Å²) in [5.74, 6) is 0.667. The zero-order valence-electron chi connectivity index (χ0n) is 15.3. The highest BCUT2D eigenvalue weighted by Gasteiger charge is 2.22. The highest BCUT2D eigenvalue weighted by molar-refractivity contribution is 5.97. The lowest BCUT2D eigenvalue weighted by Gasteiger charge is -2.18. The van der Waals surface area contributed by atoms with Crippen LogP contribution in [0.25, 0.3) is 6.08 Å². The number of benzene rings is 1. The third-order valence-electron chi connectivity index (χ3n) is 4.43. The zero-order valence-corrected chi connectivity index (χ0v) is 15.3. The van der Waals surface area contributed by atoms with E-state index in [1.807, 2.05) is 19.1 Å². The number of carbonyl (C=O) groups excluding carboxylic acids is 1. The maximum Gasteiger partial charge on any atom is 0.342 e. The molecule has 0 saturated carbocycles. The van der Waals surface area contributed by atoms with Crippen LogP contribution in [0.3, 0.4) is 0 Å². The summed E-state index contributed by atoms with van der Waals surface area (Å²) in [5.41, 5.74) is 1.13. The van der Waals surface area contributed by atoms with Crippen LogP contribution in [0, 0.1) is 0 Å². The van der Waals surface area contributed by atoms with Gasteiger partial charge in [-0.1, -0.05) is 12.2 Å². The number of esters is 1. The van der Waals surface area contributed by atoms with Crippen molar-refractivity contribution in [3.05, 3.63) is 29.3 Å². The van der Waals surface area contributed by atoms with Crippen LogP contribution in [-0.4, -0.2) is 37.5 Å². The van der Waals surface area contributed by atoms with Gasteiger partial charge in [-0.25, -0.2) is 4.79 Å². The Morgan fingerprint density at radius 3 is 2.60 bits per heavy atom. The second-order valence-electron chi connectivity index (χ2n) is 6.43. The summed E-state index contributed by atoms with van der Waals surface area (Å²) in [6, 6.07) is 3.50. The van der Waals surface area contributed by atoms with E-state index in [2.05, 4.69) is 0 Å². The Kier molecular flexibility index (Phi) is 7.31. The average molecular weight is 348 g/mol. The monoisotopic (exact) mass is 348 g/mol. The number of carbonyl (C=O) groups is 1. The quantitative estimate of drug-likeness (QED) is 0.819. The topological polar surface area (TPSA) is 65.0 Å². The molecule has 1 aliphatic heterocycles. The van der Waals surface area contributed by atoms with Gasteiger partial charge >= 0.3 is 5.97 Å². The van der Waals surface area contributed by atoms with Crippen molar-refractivity contribution < 1.29 is 24.1 Å². The first-order chi connectivity index (χ1) is 12.0. The van der Waals surface area contributed by atoms with Crippen LogP contribution in [0.4, 0.5) is 0 Å². The van der Waals surface area contributed by atoms with Gasteiger partial charge in [0.05, 0.1) is 26.4 Å². The van der Waals surface area contributed by atoms with Crippen molar-refractivity contribution in [2.24, 2.45) is 0 Å². The molecule has 0 spiro atoms. The SMILES string of the molecule is COc1cc2c(c(OC)c1)C(=O)O[C@@H](C)CCC[C@H](O)CCC/C=C/2. The lowest BCUT2D eigenvalue weighted by molar-refractivity contribution is 0.0307. The second kappa shape index (κ2) is 9.47. The molecule has 1 heterocycles. The van der Waals surface area contributed by atoms with Gasteiger partial charge in [-0.2, -0.15) is 0 Å². The van der Waals surface area contributed by atoms with E-state index in [4.69, 9.17) is 14.2 Å². The van der Waals surface area contributed by atoms with Gasteiger partial charge in [0.1, 0.15) is 17.1 Å². The largest absolute Gasteiger partial charge is 0.497 e. The predicted molar refractivity (Wildman–Crippen MR) is 97.2 cm³/mol. The van der Waals surface area contributed by atoms with Crippen molar-refractivity contribution >= 4 is 12.0 Å². The molecule has 0 amide bonds. The number of hydrogen-bond donors (Lipinski definition) is 1. The normalized spacial score (nSPS) is 23.8. The predicted octanol–water partition coefficient (Wildman–Crippen LogP) is 3.98. The molecule has 2 atom stereocenters. The fourth-order valence-corrected chi connectivity index (χ4v) is 3.01. The third-order valence-corrected chi connectivity index (χ3v) is 4.43. The van der Waals surface area contributed by atoms with E-state index < -0.39 is 5.97 Å².